The van der Waals surface area contributed by atoms with Crippen molar-refractivity contribution < 1.29 is 19.1 Å². The highest BCUT2D eigenvalue weighted by Gasteiger charge is 2.22. The fourth-order valence-electron chi connectivity index (χ4n) is 4.88. The van der Waals surface area contributed by atoms with Crippen molar-refractivity contribution in [2.24, 2.45) is 5.73 Å². The molecule has 0 fully saturated rings. The lowest BCUT2D eigenvalue weighted by Gasteiger charge is -2.23. The Morgan fingerprint density at radius 2 is 2.03 bits per heavy atom. The molecule has 1 aromatic heterocycles. The monoisotopic (exact) mass is 514 g/mol. The molecule has 0 saturated carbocycles. The second kappa shape index (κ2) is 10.9. The summed E-state index contributed by atoms with van der Waals surface area (Å²) >= 11 is 0. The Bertz CT molecular complexity index is 1410. The van der Waals surface area contributed by atoms with Crippen molar-refractivity contribution in [3.8, 4) is 11.3 Å². The maximum Gasteiger partial charge on any atom is 0.411 e. The van der Waals surface area contributed by atoms with Gasteiger partial charge in [0.1, 0.15) is 5.82 Å². The van der Waals surface area contributed by atoms with Gasteiger partial charge in [0.25, 0.3) is 5.91 Å². The van der Waals surface area contributed by atoms with E-state index in [9.17, 15) is 14.4 Å². The van der Waals surface area contributed by atoms with Crippen LogP contribution in [0.15, 0.2) is 54.7 Å². The Morgan fingerprint density at radius 3 is 2.87 bits per heavy atom. The van der Waals surface area contributed by atoms with Crippen molar-refractivity contribution in [1.29, 1.82) is 0 Å². The van der Waals surface area contributed by atoms with Crippen molar-refractivity contribution in [2.75, 3.05) is 17.7 Å². The van der Waals surface area contributed by atoms with Crippen LogP contribution in [0.5, 0.6) is 0 Å². The van der Waals surface area contributed by atoms with E-state index in [-0.39, 0.29) is 24.3 Å². The summed E-state index contributed by atoms with van der Waals surface area (Å²) in [7, 11) is 1.28. The number of aromatic nitrogens is 2. The predicted molar refractivity (Wildman–Crippen MR) is 144 cm³/mol. The second-order valence-corrected chi connectivity index (χ2v) is 9.46. The molecule has 2 heterocycles. The number of fused-ring (bicyclic) bond motifs is 5. The number of imidazole rings is 1. The zero-order valence-corrected chi connectivity index (χ0v) is 21.0. The number of amides is 3. The van der Waals surface area contributed by atoms with E-state index in [0.29, 0.717) is 40.4 Å². The Hall–Kier alpha value is -4.44. The molecule has 0 radical (unpaired) electrons. The van der Waals surface area contributed by atoms with Crippen LogP contribution in [0.25, 0.3) is 11.3 Å². The number of anilines is 2. The smallest absolute Gasteiger partial charge is 0.411 e. The molecule has 2 bridgehead atoms. The van der Waals surface area contributed by atoms with Gasteiger partial charge in [-0.3, -0.25) is 14.9 Å². The third-order valence-corrected chi connectivity index (χ3v) is 6.85. The lowest BCUT2D eigenvalue weighted by atomic mass is 9.87. The minimum Gasteiger partial charge on any atom is -0.453 e. The first-order valence-corrected chi connectivity index (χ1v) is 12.6. The van der Waals surface area contributed by atoms with Gasteiger partial charge in [0.05, 0.1) is 30.7 Å². The van der Waals surface area contributed by atoms with Gasteiger partial charge in [-0.2, -0.15) is 0 Å². The quantitative estimate of drug-likeness (QED) is 0.328. The largest absolute Gasteiger partial charge is 0.453 e. The molecule has 10 nitrogen and oxygen atoms in total. The number of H-pyrrole nitrogens is 1. The first-order valence-electron chi connectivity index (χ1n) is 12.6. The molecule has 5 rings (SSSR count). The molecule has 1 aliphatic heterocycles. The van der Waals surface area contributed by atoms with E-state index >= 15 is 0 Å². The third kappa shape index (κ3) is 5.45. The van der Waals surface area contributed by atoms with Gasteiger partial charge in [-0.15, -0.1) is 0 Å². The number of carbonyl (C=O) groups is 3. The molecule has 10 heteroatoms. The van der Waals surface area contributed by atoms with Crippen molar-refractivity contribution in [1.82, 2.24) is 15.3 Å². The molecule has 1 aliphatic carbocycles. The summed E-state index contributed by atoms with van der Waals surface area (Å²) in [6.45, 7) is 0. The molecule has 196 valence electrons. The van der Waals surface area contributed by atoms with Gasteiger partial charge < -0.3 is 26.1 Å². The molecule has 2 aliphatic rings. The van der Waals surface area contributed by atoms with Gasteiger partial charge in [0.15, 0.2) is 0 Å². The van der Waals surface area contributed by atoms with Crippen LogP contribution in [0, 0.1) is 0 Å². The minimum atomic E-state index is -0.614. The number of methoxy groups -OCH3 is 1. The highest BCUT2D eigenvalue weighted by molar-refractivity contribution is 5.98. The third-order valence-electron chi connectivity index (χ3n) is 6.85. The van der Waals surface area contributed by atoms with E-state index in [1.807, 2.05) is 24.3 Å². The Labute approximate surface area is 220 Å². The van der Waals surface area contributed by atoms with Gasteiger partial charge in [-0.1, -0.05) is 18.2 Å². The lowest BCUT2D eigenvalue weighted by molar-refractivity contribution is -0.115. The summed E-state index contributed by atoms with van der Waals surface area (Å²) in [6, 6.07) is 10.4. The maximum atomic E-state index is 13.3. The molecule has 38 heavy (non-hydrogen) atoms. The van der Waals surface area contributed by atoms with Crippen LogP contribution in [-0.4, -0.2) is 35.0 Å². The number of nitrogens with two attached hydrogens (primary N) is 1. The number of ether oxygens (including phenoxy) is 1. The van der Waals surface area contributed by atoms with Crippen LogP contribution in [0.4, 0.5) is 16.2 Å². The van der Waals surface area contributed by atoms with Crippen molar-refractivity contribution in [3.63, 3.8) is 0 Å². The summed E-state index contributed by atoms with van der Waals surface area (Å²) in [5, 5.41) is 8.59. The molecule has 3 aromatic rings. The summed E-state index contributed by atoms with van der Waals surface area (Å²) < 4.78 is 4.66. The average Bonchev–Trinajstić information content (AvgIpc) is 3.40. The van der Waals surface area contributed by atoms with Crippen LogP contribution in [0.1, 0.15) is 65.1 Å². The number of nitrogens with one attached hydrogen (secondary N) is 4. The van der Waals surface area contributed by atoms with Gasteiger partial charge in [0, 0.05) is 29.3 Å². The molecule has 0 saturated heterocycles. The number of rotatable bonds is 3. The standard InChI is InChI=1S/C28H30N6O4/c1-38-28(37)31-18-10-12-20-23(14-18)32-25(35)8-3-2-7-22(26-30-15-24(20)33-26)34-27(36)17-9-11-19-16(13-17)5-4-6-21(19)29/h2-3,9-15,21-22H,4-8,29H2,1H3,(H,30,33)(H,31,37)(H,32,35)(H,34,36)/b3-2+/t21-,22-/m0/s1. The zero-order chi connectivity index (χ0) is 26.6. The summed E-state index contributed by atoms with van der Waals surface area (Å²) in [6.07, 6.45) is 8.15. The number of hydrogen-bond acceptors (Lipinski definition) is 6. The minimum absolute atomic E-state index is 0.0150. The maximum absolute atomic E-state index is 13.3. The van der Waals surface area contributed by atoms with Crippen LogP contribution in [0.2, 0.25) is 0 Å². The Balaban J connectivity index is 1.43. The normalized spacial score (nSPS) is 19.5. The Morgan fingerprint density at radius 1 is 1.16 bits per heavy atom. The van der Waals surface area contributed by atoms with E-state index in [4.69, 9.17) is 5.73 Å². The van der Waals surface area contributed by atoms with Crippen molar-refractivity contribution in [2.45, 2.75) is 44.2 Å². The van der Waals surface area contributed by atoms with Crippen LogP contribution >= 0.6 is 0 Å². The molecular formula is C28H30N6O4. The second-order valence-electron chi connectivity index (χ2n) is 9.46. The van der Waals surface area contributed by atoms with E-state index in [2.05, 4.69) is 30.7 Å². The highest BCUT2D eigenvalue weighted by atomic mass is 16.5. The van der Waals surface area contributed by atoms with Crippen molar-refractivity contribution in [3.05, 3.63) is 77.3 Å². The molecule has 3 amide bonds. The molecule has 0 unspecified atom stereocenters. The number of carbonyl (C=O) groups excluding carboxylic acids is 3. The van der Waals surface area contributed by atoms with Crippen LogP contribution < -0.4 is 21.7 Å². The number of aryl methyl sites for hydroxylation is 1. The summed E-state index contributed by atoms with van der Waals surface area (Å²) in [4.78, 5) is 45.4. The topological polar surface area (TPSA) is 151 Å². The molecule has 2 aromatic carbocycles. The SMILES string of the molecule is COC(=O)Nc1ccc2c(c1)NC(=O)C/C=C/C[C@H](NC(=O)c1ccc3c(c1)CCC[C@@H]3N)c1ncc-2[nH]1. The fourth-order valence-corrected chi connectivity index (χ4v) is 4.88. The average molecular weight is 515 g/mol. The molecule has 2 atom stereocenters. The number of benzene rings is 2. The fraction of sp³-hybridized carbons (Fsp3) is 0.286. The van der Waals surface area contributed by atoms with Crippen LogP contribution in [0.3, 0.4) is 0 Å². The van der Waals surface area contributed by atoms with Gasteiger partial charge in [0.2, 0.25) is 5.91 Å². The first kappa shape index (κ1) is 25.2. The first-order chi connectivity index (χ1) is 18.4. The number of hydrogen-bond donors (Lipinski definition) is 5. The molecule has 6 N–H and O–H groups in total. The van der Waals surface area contributed by atoms with E-state index in [0.717, 1.165) is 30.4 Å². The van der Waals surface area contributed by atoms with E-state index in [1.165, 1.54) is 7.11 Å². The predicted octanol–water partition coefficient (Wildman–Crippen LogP) is 4.35. The van der Waals surface area contributed by atoms with E-state index in [1.54, 1.807) is 30.5 Å². The van der Waals surface area contributed by atoms with Crippen LogP contribution in [-0.2, 0) is 16.0 Å². The van der Waals surface area contributed by atoms with Gasteiger partial charge in [-0.25, -0.2) is 9.78 Å². The van der Waals surface area contributed by atoms with Gasteiger partial charge >= 0.3 is 6.09 Å². The summed E-state index contributed by atoms with van der Waals surface area (Å²) in [5.41, 5.74) is 11.4. The Kier molecular flexibility index (Phi) is 7.23. The molecule has 0 spiro atoms. The van der Waals surface area contributed by atoms with E-state index < -0.39 is 12.1 Å². The number of aromatic amines is 1. The highest BCUT2D eigenvalue weighted by Crippen LogP contribution is 2.32. The van der Waals surface area contributed by atoms with Gasteiger partial charge in [-0.05, 0) is 67.1 Å². The van der Waals surface area contributed by atoms with Crippen molar-refractivity contribution >= 4 is 29.3 Å². The summed E-state index contributed by atoms with van der Waals surface area (Å²) in [5.74, 6) is 0.172. The lowest BCUT2D eigenvalue weighted by Crippen LogP contribution is -2.29. The number of nitrogens with zero attached hydrogens (tertiary/aromatic N) is 1. The molecular weight excluding hydrogens is 484 g/mol. The zero-order valence-electron chi connectivity index (χ0n) is 21.0.